The van der Waals surface area contributed by atoms with Crippen LogP contribution in [0.1, 0.15) is 26.7 Å². The highest BCUT2D eigenvalue weighted by Crippen LogP contribution is 2.21. The molecule has 0 radical (unpaired) electrons. The van der Waals surface area contributed by atoms with Crippen molar-refractivity contribution in [1.82, 2.24) is 0 Å². The summed E-state index contributed by atoms with van der Waals surface area (Å²) in [5.74, 6) is 0. The van der Waals surface area contributed by atoms with E-state index in [2.05, 4.69) is 9.98 Å². The van der Waals surface area contributed by atoms with Crippen molar-refractivity contribution >= 4 is 23.0 Å². The Morgan fingerprint density at radius 1 is 1.62 bits per heavy atom. The lowest BCUT2D eigenvalue weighted by Gasteiger charge is -2.16. The number of nitrogens with zero attached hydrogens (tertiary/aromatic N) is 2. The third-order valence-electron chi connectivity index (χ3n) is 2.20. The van der Waals surface area contributed by atoms with Gasteiger partial charge in [-0.15, -0.1) is 0 Å². The van der Waals surface area contributed by atoms with Gasteiger partial charge >= 0.3 is 0 Å². The topological polar surface area (TPSA) is 24.7 Å². The molecule has 1 aliphatic rings. The van der Waals surface area contributed by atoms with Crippen molar-refractivity contribution in [3.63, 3.8) is 0 Å². The summed E-state index contributed by atoms with van der Waals surface area (Å²) in [6, 6.07) is 0. The summed E-state index contributed by atoms with van der Waals surface area (Å²) >= 11 is 6.13. The van der Waals surface area contributed by atoms with E-state index in [0.29, 0.717) is 0 Å². The maximum Gasteiger partial charge on any atom is 0.0465 e. The molecule has 72 valence electrons. The van der Waals surface area contributed by atoms with Crippen molar-refractivity contribution in [2.75, 3.05) is 13.6 Å². The zero-order valence-electron chi connectivity index (χ0n) is 8.39. The summed E-state index contributed by atoms with van der Waals surface area (Å²) in [7, 11) is 1.81. The Hall–Kier alpha value is -0.630. The fraction of sp³-hybridized carbons (Fsp3) is 0.600. The molecule has 0 saturated carbocycles. The van der Waals surface area contributed by atoms with Gasteiger partial charge in [-0.3, -0.25) is 9.98 Å². The lowest BCUT2D eigenvalue weighted by Crippen LogP contribution is -2.18. The van der Waals surface area contributed by atoms with E-state index in [4.69, 9.17) is 11.6 Å². The second-order valence-corrected chi connectivity index (χ2v) is 3.48. The predicted molar refractivity (Wildman–Crippen MR) is 59.1 cm³/mol. The highest BCUT2D eigenvalue weighted by atomic mass is 35.5. The third kappa shape index (κ3) is 2.19. The molecule has 0 unspecified atom stereocenters. The second-order valence-electron chi connectivity index (χ2n) is 3.02. The predicted octanol–water partition coefficient (Wildman–Crippen LogP) is 2.82. The summed E-state index contributed by atoms with van der Waals surface area (Å²) in [4.78, 5) is 8.61. The first-order valence-corrected chi connectivity index (χ1v) is 4.94. The summed E-state index contributed by atoms with van der Waals surface area (Å²) in [5.41, 5.74) is 3.19. The van der Waals surface area contributed by atoms with Crippen LogP contribution in [0.25, 0.3) is 0 Å². The number of rotatable bonds is 1. The lowest BCUT2D eigenvalue weighted by molar-refractivity contribution is 1.01. The largest absolute Gasteiger partial charge is 0.292 e. The van der Waals surface area contributed by atoms with Gasteiger partial charge in [-0.05, 0) is 13.3 Å². The van der Waals surface area contributed by atoms with Crippen LogP contribution >= 0.6 is 11.6 Å². The summed E-state index contributed by atoms with van der Waals surface area (Å²) in [5, 5.41) is 0.876. The van der Waals surface area contributed by atoms with Gasteiger partial charge in [0.2, 0.25) is 0 Å². The van der Waals surface area contributed by atoms with Gasteiger partial charge in [0.25, 0.3) is 0 Å². The van der Waals surface area contributed by atoms with Crippen LogP contribution in [0.3, 0.4) is 0 Å². The van der Waals surface area contributed by atoms with Gasteiger partial charge in [0.15, 0.2) is 0 Å². The molecule has 0 saturated heterocycles. The number of hydrogen-bond donors (Lipinski definition) is 0. The molecule has 0 amide bonds. The van der Waals surface area contributed by atoms with E-state index in [0.717, 1.165) is 41.4 Å². The molecule has 0 atom stereocenters. The van der Waals surface area contributed by atoms with Gasteiger partial charge in [-0.1, -0.05) is 18.5 Å². The molecule has 1 aliphatic heterocycles. The molecule has 0 bridgehead atoms. The van der Waals surface area contributed by atoms with Crippen LogP contribution in [0.5, 0.6) is 0 Å². The number of halogens is 1. The van der Waals surface area contributed by atoms with Gasteiger partial charge in [0, 0.05) is 42.0 Å². The van der Waals surface area contributed by atoms with Crippen LogP contribution in [0.15, 0.2) is 20.6 Å². The van der Waals surface area contributed by atoms with E-state index in [9.17, 15) is 0 Å². The van der Waals surface area contributed by atoms with Crippen LogP contribution in [0.4, 0.5) is 0 Å². The van der Waals surface area contributed by atoms with Crippen LogP contribution in [0, 0.1) is 0 Å². The molecular weight excluding hydrogens is 184 g/mol. The van der Waals surface area contributed by atoms with Gasteiger partial charge in [-0.2, -0.15) is 0 Å². The summed E-state index contributed by atoms with van der Waals surface area (Å²) in [6.07, 6.45) is 1.77. The molecular formula is C10H15ClN2. The van der Waals surface area contributed by atoms with Gasteiger partial charge < -0.3 is 0 Å². The summed E-state index contributed by atoms with van der Waals surface area (Å²) in [6.45, 7) is 4.89. The van der Waals surface area contributed by atoms with E-state index in [1.54, 1.807) is 0 Å². The van der Waals surface area contributed by atoms with Crippen LogP contribution in [-0.2, 0) is 0 Å². The molecule has 0 aromatic heterocycles. The lowest BCUT2D eigenvalue weighted by atomic mass is 9.99. The molecule has 2 nitrogen and oxygen atoms in total. The normalized spacial score (nSPS) is 24.6. The highest BCUT2D eigenvalue weighted by Gasteiger charge is 2.17. The van der Waals surface area contributed by atoms with Gasteiger partial charge in [0.1, 0.15) is 0 Å². The van der Waals surface area contributed by atoms with E-state index in [-0.39, 0.29) is 0 Å². The van der Waals surface area contributed by atoms with E-state index < -0.39 is 0 Å². The monoisotopic (exact) mass is 198 g/mol. The molecule has 0 spiro atoms. The molecule has 0 N–H and O–H groups in total. The zero-order valence-corrected chi connectivity index (χ0v) is 9.15. The minimum absolute atomic E-state index is 0.843. The smallest absolute Gasteiger partial charge is 0.0465 e. The van der Waals surface area contributed by atoms with Crippen molar-refractivity contribution in [1.29, 1.82) is 0 Å². The van der Waals surface area contributed by atoms with E-state index >= 15 is 0 Å². The Balaban J connectivity index is 3.15. The quantitative estimate of drug-likeness (QED) is 0.619. The van der Waals surface area contributed by atoms with Gasteiger partial charge in [0.05, 0.1) is 0 Å². The Morgan fingerprint density at radius 2 is 2.31 bits per heavy atom. The molecule has 0 aromatic carbocycles. The summed E-state index contributed by atoms with van der Waals surface area (Å²) < 4.78 is 0. The molecule has 0 aliphatic carbocycles. The average molecular weight is 199 g/mol. The maximum absolute atomic E-state index is 6.13. The molecule has 3 heteroatoms. The molecule has 13 heavy (non-hydrogen) atoms. The highest BCUT2D eigenvalue weighted by molar-refractivity contribution is 6.38. The number of hydrogen-bond acceptors (Lipinski definition) is 2. The first-order valence-electron chi connectivity index (χ1n) is 4.56. The second kappa shape index (κ2) is 4.56. The fourth-order valence-corrected chi connectivity index (χ4v) is 1.74. The molecule has 0 fully saturated rings. The van der Waals surface area contributed by atoms with E-state index in [1.165, 1.54) is 0 Å². The number of aliphatic imine (C=N–C) groups is 2. The Morgan fingerprint density at radius 3 is 2.85 bits per heavy atom. The maximum atomic E-state index is 6.13. The first-order chi connectivity index (χ1) is 6.20. The Bertz CT molecular complexity index is 287. The van der Waals surface area contributed by atoms with Crippen LogP contribution < -0.4 is 0 Å². The van der Waals surface area contributed by atoms with Crippen molar-refractivity contribution in [3.8, 4) is 0 Å². The molecule has 0 aromatic rings. The Kier molecular flexibility index (Phi) is 3.67. The van der Waals surface area contributed by atoms with Crippen LogP contribution in [0.2, 0.25) is 0 Å². The van der Waals surface area contributed by atoms with Crippen molar-refractivity contribution < 1.29 is 0 Å². The van der Waals surface area contributed by atoms with Crippen LogP contribution in [-0.4, -0.2) is 25.0 Å². The fourth-order valence-electron chi connectivity index (χ4n) is 1.50. The van der Waals surface area contributed by atoms with Gasteiger partial charge in [-0.25, -0.2) is 0 Å². The number of allylic oxidation sites excluding steroid dienone is 2. The molecule has 1 heterocycles. The van der Waals surface area contributed by atoms with Crippen molar-refractivity contribution in [3.05, 3.63) is 10.6 Å². The standard InChI is InChI=1S/C10H15ClN2/c1-4-8(11)10-7(2)13-6-5-9(10)12-3/h4-6H2,1-3H3/b10-8+,12-9?. The van der Waals surface area contributed by atoms with Crippen molar-refractivity contribution in [2.45, 2.75) is 26.7 Å². The molecule has 1 rings (SSSR count). The average Bonchev–Trinajstić information content (AvgIpc) is 2.16. The SMILES string of the molecule is CC/C(Cl)=C1/C(C)=NCCC1=NC. The first kappa shape index (κ1) is 10.5. The zero-order chi connectivity index (χ0) is 9.84. The van der Waals surface area contributed by atoms with E-state index in [1.807, 2.05) is 20.9 Å². The van der Waals surface area contributed by atoms with Crippen molar-refractivity contribution in [2.24, 2.45) is 9.98 Å². The minimum atomic E-state index is 0.843. The third-order valence-corrected chi connectivity index (χ3v) is 2.66. The Labute approximate surface area is 84.4 Å². The minimum Gasteiger partial charge on any atom is -0.292 e.